The molecule has 374 valence electrons. The van der Waals surface area contributed by atoms with Crippen molar-refractivity contribution in [3.63, 3.8) is 0 Å². The molecule has 0 atom stereocenters. The first-order chi connectivity index (χ1) is 34.4. The molecule has 0 aliphatic heterocycles. The van der Waals surface area contributed by atoms with Gasteiger partial charge in [0, 0.05) is 11.1 Å². The Labute approximate surface area is 422 Å². The fourth-order valence-corrected chi connectivity index (χ4v) is 12.1. The molecule has 0 radical (unpaired) electrons. The molecule has 70 heavy (non-hydrogen) atoms. The quantitative estimate of drug-likeness (QED) is 0.0505. The number of benzene rings is 6. The zero-order valence-electron chi connectivity index (χ0n) is 43.2. The minimum atomic E-state index is 0.187. The lowest BCUT2D eigenvalue weighted by molar-refractivity contribution is 0.299. The first-order valence-electron chi connectivity index (χ1n) is 28.4. The van der Waals surface area contributed by atoms with Gasteiger partial charge in [0.15, 0.2) is 0 Å². The summed E-state index contributed by atoms with van der Waals surface area (Å²) in [5.74, 6) is 5.71. The molecule has 0 spiro atoms. The van der Waals surface area contributed by atoms with Crippen LogP contribution < -0.4 is 9.47 Å². The molecule has 0 saturated heterocycles. The molecule has 4 heteroatoms. The van der Waals surface area contributed by atoms with Gasteiger partial charge in [-0.25, -0.2) is 0 Å². The topological polar surface area (TPSA) is 58.9 Å². The number of unbranched alkanes of at least 4 members (excludes halogenated alkanes) is 10. The maximum Gasteiger partial charge on any atom is 0.124 e. The van der Waals surface area contributed by atoms with Crippen molar-refractivity contribution in [2.24, 2.45) is 11.8 Å². The third-order valence-corrected chi connectivity index (χ3v) is 16.5. The SMILES string of the molecule is CCCCC[C@H]1CC[C@H](c2ccc(OCCCCCCc3ccc4c(-c5c(O)ccc6cc(CCCCCCOc7ccc([C@H]8CC[C@H](CCCCC)CC8)cc7)ccc56)c(O)ccc4c3)cc2)CC1. The number of hydrogen-bond donors (Lipinski definition) is 2. The van der Waals surface area contributed by atoms with E-state index >= 15 is 0 Å². The summed E-state index contributed by atoms with van der Waals surface area (Å²) in [6.45, 7) is 6.13. The van der Waals surface area contributed by atoms with E-state index in [2.05, 4.69) is 98.8 Å². The largest absolute Gasteiger partial charge is 0.507 e. The van der Waals surface area contributed by atoms with Gasteiger partial charge in [-0.05, 0) is 194 Å². The first-order valence-corrected chi connectivity index (χ1v) is 28.4. The van der Waals surface area contributed by atoms with Crippen molar-refractivity contribution in [1.82, 2.24) is 0 Å². The van der Waals surface area contributed by atoms with Crippen molar-refractivity contribution in [1.29, 1.82) is 0 Å². The lowest BCUT2D eigenvalue weighted by Crippen LogP contribution is -2.13. The molecule has 0 unspecified atom stereocenters. The smallest absolute Gasteiger partial charge is 0.124 e. The lowest BCUT2D eigenvalue weighted by Gasteiger charge is -2.29. The highest BCUT2D eigenvalue weighted by Gasteiger charge is 2.24. The highest BCUT2D eigenvalue weighted by Crippen LogP contribution is 2.45. The number of phenols is 2. The number of ether oxygens (including phenoxy) is 2. The molecule has 2 fully saturated rings. The van der Waals surface area contributed by atoms with E-state index in [4.69, 9.17) is 9.47 Å². The van der Waals surface area contributed by atoms with E-state index in [-0.39, 0.29) is 11.5 Å². The van der Waals surface area contributed by atoms with Crippen LogP contribution in [-0.4, -0.2) is 23.4 Å². The van der Waals surface area contributed by atoms with E-state index < -0.39 is 0 Å². The van der Waals surface area contributed by atoms with Gasteiger partial charge in [-0.3, -0.25) is 0 Å². The molecular formula is C66H86O4. The van der Waals surface area contributed by atoms with Gasteiger partial charge in [0.1, 0.15) is 23.0 Å². The van der Waals surface area contributed by atoms with Crippen molar-refractivity contribution in [3.8, 4) is 34.1 Å². The zero-order valence-corrected chi connectivity index (χ0v) is 43.2. The summed E-state index contributed by atoms with van der Waals surface area (Å²) in [7, 11) is 0. The highest BCUT2D eigenvalue weighted by atomic mass is 16.5. The molecular weight excluding hydrogens is 857 g/mol. The molecule has 8 rings (SSSR count). The van der Waals surface area contributed by atoms with E-state index in [0.717, 1.165) is 121 Å². The minimum absolute atomic E-state index is 0.187. The number of aryl methyl sites for hydroxylation is 2. The van der Waals surface area contributed by atoms with Gasteiger partial charge in [0.2, 0.25) is 0 Å². The van der Waals surface area contributed by atoms with Crippen LogP contribution >= 0.6 is 0 Å². The molecule has 0 bridgehead atoms. The first kappa shape index (κ1) is 51.4. The van der Waals surface area contributed by atoms with Crippen LogP contribution in [0.3, 0.4) is 0 Å². The van der Waals surface area contributed by atoms with Crippen molar-refractivity contribution >= 4 is 21.5 Å². The number of phenolic OH excluding ortho intramolecular Hbond substituents is 2. The van der Waals surface area contributed by atoms with Crippen molar-refractivity contribution < 1.29 is 19.7 Å². The number of fused-ring (bicyclic) bond motifs is 2. The lowest BCUT2D eigenvalue weighted by atomic mass is 9.77. The van der Waals surface area contributed by atoms with Gasteiger partial charge in [-0.1, -0.05) is 164 Å². The molecule has 2 N–H and O–H groups in total. The van der Waals surface area contributed by atoms with Crippen molar-refractivity contribution in [2.75, 3.05) is 13.2 Å². The predicted molar refractivity (Wildman–Crippen MR) is 296 cm³/mol. The number of rotatable bonds is 27. The summed E-state index contributed by atoms with van der Waals surface area (Å²) in [4.78, 5) is 0. The van der Waals surface area contributed by atoms with Gasteiger partial charge in [-0.2, -0.15) is 0 Å². The Bertz CT molecular complexity index is 2300. The molecule has 2 aliphatic rings. The van der Waals surface area contributed by atoms with Gasteiger partial charge >= 0.3 is 0 Å². The van der Waals surface area contributed by atoms with Crippen LogP contribution in [0.1, 0.15) is 202 Å². The maximum absolute atomic E-state index is 11.3. The van der Waals surface area contributed by atoms with E-state index in [9.17, 15) is 10.2 Å². The average molecular weight is 943 g/mol. The zero-order chi connectivity index (χ0) is 48.3. The summed E-state index contributed by atoms with van der Waals surface area (Å²) in [5.41, 5.74) is 6.98. The molecule has 4 nitrogen and oxygen atoms in total. The van der Waals surface area contributed by atoms with Gasteiger partial charge < -0.3 is 19.7 Å². The summed E-state index contributed by atoms with van der Waals surface area (Å²) >= 11 is 0. The Balaban J connectivity index is 0.742. The fraction of sp³-hybridized carbons (Fsp3) is 0.515. The van der Waals surface area contributed by atoms with E-state index in [1.54, 1.807) is 12.1 Å². The van der Waals surface area contributed by atoms with Crippen LogP contribution in [0.4, 0.5) is 0 Å². The second kappa shape index (κ2) is 27.0. The standard InChI is InChI=1S/C66H86O4/c1-3-5-11-17-49-21-27-53(28-22-49)55-31-37-59(38-32-55)69-45-15-9-7-13-19-51-25-41-61-57(47-51)35-43-63(67)65(61)66-62-42-26-52(48-58(62)36-44-64(66)68)20-14-8-10-16-46-70-60-39-33-56(34-40-60)54-29-23-50(24-30-54)18-12-6-4-2/h25-26,31-44,47-50,53-54,67-68H,3-24,27-30,45-46H2,1-2H3/t49-,50-,53-,54-. The van der Waals surface area contributed by atoms with Crippen LogP contribution in [-0.2, 0) is 12.8 Å². The Hall–Kier alpha value is -4.96. The molecule has 0 aromatic heterocycles. The van der Waals surface area contributed by atoms with Crippen LogP contribution in [0.5, 0.6) is 23.0 Å². The van der Waals surface area contributed by atoms with Crippen LogP contribution in [0.15, 0.2) is 109 Å². The van der Waals surface area contributed by atoms with Gasteiger partial charge in [0.25, 0.3) is 0 Å². The molecule has 6 aromatic carbocycles. The Morgan fingerprint density at radius 3 is 1.20 bits per heavy atom. The number of aromatic hydroxyl groups is 2. The normalized spacial score (nSPS) is 18.4. The van der Waals surface area contributed by atoms with E-state index in [1.807, 2.05) is 12.1 Å². The fourth-order valence-electron chi connectivity index (χ4n) is 12.1. The maximum atomic E-state index is 11.3. The molecule has 2 aliphatic carbocycles. The van der Waals surface area contributed by atoms with Gasteiger partial charge in [0.05, 0.1) is 13.2 Å². The third-order valence-electron chi connectivity index (χ3n) is 16.5. The summed E-state index contributed by atoms with van der Waals surface area (Å²) < 4.78 is 12.3. The van der Waals surface area contributed by atoms with Crippen LogP contribution in [0.25, 0.3) is 32.7 Å². The molecule has 6 aromatic rings. The summed E-state index contributed by atoms with van der Waals surface area (Å²) in [6, 6.07) is 38.7. The van der Waals surface area contributed by atoms with Crippen LogP contribution in [0.2, 0.25) is 0 Å². The van der Waals surface area contributed by atoms with Crippen LogP contribution in [0, 0.1) is 11.8 Å². The van der Waals surface area contributed by atoms with E-state index in [1.165, 1.54) is 138 Å². The average Bonchev–Trinajstić information content (AvgIpc) is 3.39. The van der Waals surface area contributed by atoms with Crippen molar-refractivity contribution in [3.05, 3.63) is 131 Å². The molecule has 0 heterocycles. The van der Waals surface area contributed by atoms with Gasteiger partial charge in [-0.15, -0.1) is 0 Å². The van der Waals surface area contributed by atoms with E-state index in [0.29, 0.717) is 11.1 Å². The monoisotopic (exact) mass is 943 g/mol. The summed E-state index contributed by atoms with van der Waals surface area (Å²) in [5, 5.41) is 26.7. The highest BCUT2D eigenvalue weighted by molar-refractivity contribution is 6.09. The molecule has 0 amide bonds. The third kappa shape index (κ3) is 14.6. The predicted octanol–water partition coefficient (Wildman–Crippen LogP) is 19.1. The Morgan fingerprint density at radius 2 is 0.800 bits per heavy atom. The summed E-state index contributed by atoms with van der Waals surface area (Å²) in [6.07, 6.45) is 33.1. The minimum Gasteiger partial charge on any atom is -0.507 e. The number of hydrogen-bond acceptors (Lipinski definition) is 4. The van der Waals surface area contributed by atoms with Crippen molar-refractivity contribution in [2.45, 2.75) is 193 Å². The second-order valence-electron chi connectivity index (χ2n) is 21.6. The molecule has 2 saturated carbocycles. The second-order valence-corrected chi connectivity index (χ2v) is 21.6. The Morgan fingerprint density at radius 1 is 0.400 bits per heavy atom. The Kier molecular flexibility index (Phi) is 19.8.